The van der Waals surface area contributed by atoms with Gasteiger partial charge in [-0.1, -0.05) is 12.1 Å². The Kier molecular flexibility index (Phi) is 2.89. The van der Waals surface area contributed by atoms with Crippen molar-refractivity contribution in [3.63, 3.8) is 0 Å². The topological polar surface area (TPSA) is 67.8 Å². The average molecular weight is 283 g/mol. The van der Waals surface area contributed by atoms with Crippen molar-refractivity contribution in [1.82, 2.24) is 19.7 Å². The van der Waals surface area contributed by atoms with Gasteiger partial charge in [0.25, 0.3) is 0 Å². The molecule has 2 N–H and O–H groups in total. The van der Waals surface area contributed by atoms with Gasteiger partial charge in [-0.25, -0.2) is 4.98 Å². The summed E-state index contributed by atoms with van der Waals surface area (Å²) in [7, 11) is 1.94. The Labute approximate surface area is 122 Å². The summed E-state index contributed by atoms with van der Waals surface area (Å²) in [4.78, 5) is 7.87. The third kappa shape index (κ3) is 2.17. The fraction of sp³-hybridized carbons (Fsp3) is 0.333. The largest absolute Gasteiger partial charge is 0.370 e. The van der Waals surface area contributed by atoms with Gasteiger partial charge in [-0.05, 0) is 24.6 Å². The number of hydrogen-bond acceptors (Lipinski definition) is 4. The average Bonchev–Trinajstić information content (AvgIpc) is 3.17. The summed E-state index contributed by atoms with van der Waals surface area (Å²) in [6.45, 7) is 0.744. The van der Waals surface area contributed by atoms with Gasteiger partial charge in [-0.2, -0.15) is 5.10 Å². The lowest BCUT2D eigenvalue weighted by Gasteiger charge is -2.19. The molecule has 3 aromatic rings. The number of nitrogens with zero attached hydrogens (tertiary/aromatic N) is 3. The molecule has 1 saturated heterocycles. The molecule has 108 valence electrons. The minimum Gasteiger partial charge on any atom is -0.370 e. The SMILES string of the molecule is Cn1nccc1[C@H]1OCC[C@@H]1Nc1nc2ccccc2[nH]1. The van der Waals surface area contributed by atoms with Crippen LogP contribution in [0.1, 0.15) is 18.2 Å². The lowest BCUT2D eigenvalue weighted by molar-refractivity contribution is 0.101. The van der Waals surface area contributed by atoms with Crippen LogP contribution < -0.4 is 5.32 Å². The summed E-state index contributed by atoms with van der Waals surface area (Å²) in [5.74, 6) is 0.791. The van der Waals surface area contributed by atoms with E-state index in [1.165, 1.54) is 0 Å². The van der Waals surface area contributed by atoms with Crippen molar-refractivity contribution in [2.24, 2.45) is 7.05 Å². The summed E-state index contributed by atoms with van der Waals surface area (Å²) in [6, 6.07) is 10.2. The maximum atomic E-state index is 5.87. The van der Waals surface area contributed by atoms with Gasteiger partial charge in [0.05, 0.1) is 22.8 Å². The van der Waals surface area contributed by atoms with E-state index in [0.29, 0.717) is 0 Å². The van der Waals surface area contributed by atoms with E-state index >= 15 is 0 Å². The van der Waals surface area contributed by atoms with Crippen molar-refractivity contribution in [1.29, 1.82) is 0 Å². The van der Waals surface area contributed by atoms with Crippen LogP contribution in [0, 0.1) is 0 Å². The van der Waals surface area contributed by atoms with Crippen molar-refractivity contribution in [2.45, 2.75) is 18.6 Å². The fourth-order valence-electron chi connectivity index (χ4n) is 2.89. The van der Waals surface area contributed by atoms with Crippen LogP contribution in [0.5, 0.6) is 0 Å². The van der Waals surface area contributed by atoms with E-state index < -0.39 is 0 Å². The summed E-state index contributed by atoms with van der Waals surface area (Å²) in [5, 5.41) is 7.69. The molecule has 1 aliphatic heterocycles. The van der Waals surface area contributed by atoms with Gasteiger partial charge >= 0.3 is 0 Å². The summed E-state index contributed by atoms with van der Waals surface area (Å²) in [6.07, 6.45) is 2.76. The molecule has 1 fully saturated rings. The number of imidazole rings is 1. The molecular formula is C15H17N5O. The molecule has 0 unspecified atom stereocenters. The molecule has 0 bridgehead atoms. The maximum absolute atomic E-state index is 5.87. The first kappa shape index (κ1) is 12.4. The lowest BCUT2D eigenvalue weighted by atomic mass is 10.1. The quantitative estimate of drug-likeness (QED) is 0.773. The van der Waals surface area contributed by atoms with E-state index in [-0.39, 0.29) is 12.1 Å². The molecular weight excluding hydrogens is 266 g/mol. The van der Waals surface area contributed by atoms with Crippen LogP contribution in [-0.2, 0) is 11.8 Å². The molecule has 21 heavy (non-hydrogen) atoms. The van der Waals surface area contributed by atoms with E-state index in [1.807, 2.05) is 42.1 Å². The molecule has 0 radical (unpaired) electrons. The fourth-order valence-corrected chi connectivity index (χ4v) is 2.89. The minimum atomic E-state index is 0.00529. The van der Waals surface area contributed by atoms with Crippen LogP contribution >= 0.6 is 0 Å². The summed E-state index contributed by atoms with van der Waals surface area (Å²) >= 11 is 0. The predicted molar refractivity (Wildman–Crippen MR) is 80.0 cm³/mol. The van der Waals surface area contributed by atoms with E-state index in [0.717, 1.165) is 35.7 Å². The third-order valence-electron chi connectivity index (χ3n) is 3.95. The lowest BCUT2D eigenvalue weighted by Crippen LogP contribution is -2.25. The number of fused-ring (bicyclic) bond motifs is 1. The second-order valence-corrected chi connectivity index (χ2v) is 5.31. The van der Waals surface area contributed by atoms with Crippen LogP contribution in [0.25, 0.3) is 11.0 Å². The second kappa shape index (κ2) is 4.89. The Balaban J connectivity index is 1.59. The van der Waals surface area contributed by atoms with Crippen LogP contribution in [0.3, 0.4) is 0 Å². The first-order chi connectivity index (χ1) is 10.3. The zero-order chi connectivity index (χ0) is 14.2. The van der Waals surface area contributed by atoms with Gasteiger partial charge in [-0.3, -0.25) is 4.68 Å². The molecule has 0 aliphatic carbocycles. The van der Waals surface area contributed by atoms with Gasteiger partial charge in [-0.15, -0.1) is 0 Å². The van der Waals surface area contributed by atoms with Crippen molar-refractivity contribution in [2.75, 3.05) is 11.9 Å². The Morgan fingerprint density at radius 1 is 1.33 bits per heavy atom. The highest BCUT2D eigenvalue weighted by Crippen LogP contribution is 2.30. The van der Waals surface area contributed by atoms with Gasteiger partial charge in [0.1, 0.15) is 6.10 Å². The molecule has 4 rings (SSSR count). The van der Waals surface area contributed by atoms with Crippen molar-refractivity contribution < 1.29 is 4.74 Å². The molecule has 0 amide bonds. The summed E-state index contributed by atoms with van der Waals surface area (Å²) < 4.78 is 7.74. The zero-order valence-corrected chi connectivity index (χ0v) is 11.8. The standard InChI is InChI=1S/C15H17N5O/c1-20-13(6-8-16-20)14-12(7-9-21-14)19-15-17-10-4-2-3-5-11(10)18-15/h2-6,8,12,14H,7,9H2,1H3,(H2,17,18,19)/t12-,14-/m0/s1. The Bertz CT molecular complexity index is 729. The molecule has 6 nitrogen and oxygen atoms in total. The smallest absolute Gasteiger partial charge is 0.201 e. The van der Waals surface area contributed by atoms with E-state index in [4.69, 9.17) is 4.74 Å². The number of rotatable bonds is 3. The van der Waals surface area contributed by atoms with E-state index in [9.17, 15) is 0 Å². The van der Waals surface area contributed by atoms with Gasteiger partial charge in [0.15, 0.2) is 0 Å². The number of aryl methyl sites for hydroxylation is 1. The van der Waals surface area contributed by atoms with Gasteiger partial charge in [0, 0.05) is 19.9 Å². The van der Waals surface area contributed by atoms with Crippen LogP contribution in [0.2, 0.25) is 0 Å². The first-order valence-electron chi connectivity index (χ1n) is 7.12. The summed E-state index contributed by atoms with van der Waals surface area (Å²) in [5.41, 5.74) is 3.09. The highest BCUT2D eigenvalue weighted by Gasteiger charge is 2.32. The van der Waals surface area contributed by atoms with E-state index in [1.54, 1.807) is 6.20 Å². The number of anilines is 1. The minimum absolute atomic E-state index is 0.00529. The van der Waals surface area contributed by atoms with Crippen molar-refractivity contribution in [3.8, 4) is 0 Å². The molecule has 6 heteroatoms. The third-order valence-corrected chi connectivity index (χ3v) is 3.95. The molecule has 0 saturated carbocycles. The van der Waals surface area contributed by atoms with E-state index in [2.05, 4.69) is 20.4 Å². The number of hydrogen-bond donors (Lipinski definition) is 2. The van der Waals surface area contributed by atoms with Crippen LogP contribution in [0.4, 0.5) is 5.95 Å². The number of H-pyrrole nitrogens is 1. The molecule has 1 aliphatic rings. The van der Waals surface area contributed by atoms with Crippen LogP contribution in [-0.4, -0.2) is 32.4 Å². The number of aromatic nitrogens is 4. The van der Waals surface area contributed by atoms with Gasteiger partial charge < -0.3 is 15.0 Å². The number of nitrogens with one attached hydrogen (secondary N) is 2. The predicted octanol–water partition coefficient (Wildman–Crippen LogP) is 2.24. The molecule has 2 aromatic heterocycles. The molecule has 2 atom stereocenters. The first-order valence-corrected chi connectivity index (χ1v) is 7.12. The van der Waals surface area contributed by atoms with Crippen molar-refractivity contribution >= 4 is 17.0 Å². The number of benzene rings is 1. The van der Waals surface area contributed by atoms with Crippen LogP contribution in [0.15, 0.2) is 36.5 Å². The number of ether oxygens (including phenoxy) is 1. The monoisotopic (exact) mass is 283 g/mol. The highest BCUT2D eigenvalue weighted by atomic mass is 16.5. The maximum Gasteiger partial charge on any atom is 0.201 e. The Morgan fingerprint density at radius 3 is 3.05 bits per heavy atom. The second-order valence-electron chi connectivity index (χ2n) is 5.31. The normalized spacial score (nSPS) is 22.0. The zero-order valence-electron chi connectivity index (χ0n) is 11.8. The molecule has 3 heterocycles. The Morgan fingerprint density at radius 2 is 2.24 bits per heavy atom. The molecule has 1 aromatic carbocycles. The van der Waals surface area contributed by atoms with Gasteiger partial charge in [0.2, 0.25) is 5.95 Å². The molecule has 0 spiro atoms. The van der Waals surface area contributed by atoms with Crippen molar-refractivity contribution in [3.05, 3.63) is 42.2 Å². The Hall–Kier alpha value is -2.34. The highest BCUT2D eigenvalue weighted by molar-refractivity contribution is 5.77. The number of aromatic amines is 1. The number of para-hydroxylation sites is 2.